The van der Waals surface area contributed by atoms with Gasteiger partial charge in [0.2, 0.25) is 5.30 Å². The molecule has 0 aliphatic heterocycles. The maximum atomic E-state index is 10.3. The Kier molecular flexibility index (Phi) is 6.06. The number of benzene rings is 1. The van der Waals surface area contributed by atoms with Crippen molar-refractivity contribution >= 4 is 64.7 Å². The van der Waals surface area contributed by atoms with Crippen LogP contribution >= 0.6 is 8.03 Å². The summed E-state index contributed by atoms with van der Waals surface area (Å²) in [4.78, 5) is 8.53. The molecule has 0 saturated heterocycles. The van der Waals surface area contributed by atoms with Gasteiger partial charge in [-0.05, 0) is 16.7 Å². The summed E-state index contributed by atoms with van der Waals surface area (Å²) >= 11 is 0. The Labute approximate surface area is 103 Å². The number of hydrogen-bond acceptors (Lipinski definition) is 1. The molecule has 1 atom stereocenters. The summed E-state index contributed by atoms with van der Waals surface area (Å²) in [7, 11) is -2.15. The van der Waals surface area contributed by atoms with Gasteiger partial charge in [0.15, 0.2) is 0 Å². The van der Waals surface area contributed by atoms with Crippen molar-refractivity contribution in [2.45, 2.75) is 0 Å². The molecular weight excluding hydrogens is 174 g/mol. The van der Waals surface area contributed by atoms with E-state index in [1.807, 2.05) is 6.07 Å². The molecule has 1 N–H and O–H groups in total. The van der Waals surface area contributed by atoms with Crippen molar-refractivity contribution in [2.24, 2.45) is 0 Å². The summed E-state index contributed by atoms with van der Waals surface area (Å²) in [6.07, 6.45) is 0. The van der Waals surface area contributed by atoms with E-state index in [0.717, 1.165) is 0 Å². The second-order valence-electron chi connectivity index (χ2n) is 1.61. The predicted octanol–water partition coefficient (Wildman–Crippen LogP) is 0.666. The van der Waals surface area contributed by atoms with Crippen LogP contribution in [0.3, 0.4) is 0 Å². The van der Waals surface area contributed by atoms with Crippen molar-refractivity contribution in [3.8, 4) is 0 Å². The molecule has 0 amide bonds. The Morgan fingerprint density at radius 3 is 2.00 bits per heavy atom. The standard InChI is InChI=1S/C6H5O2P.K/c7-9(8)6-4-2-1-3-5-6;/h1-5H;/p+1. The van der Waals surface area contributed by atoms with Gasteiger partial charge in [-0.1, -0.05) is 18.2 Å². The minimum Gasteiger partial charge on any atom is -0.156 e. The first kappa shape index (κ1) is 10.9. The van der Waals surface area contributed by atoms with Gasteiger partial charge in [-0.3, -0.25) is 0 Å². The minimum absolute atomic E-state index is 0. The third-order valence-electron chi connectivity index (χ3n) is 0.977. The van der Waals surface area contributed by atoms with Gasteiger partial charge in [-0.25, -0.2) is 0 Å². The summed E-state index contributed by atoms with van der Waals surface area (Å²) in [5, 5.41) is 0.479. The zero-order valence-electron chi connectivity index (χ0n) is 5.69. The van der Waals surface area contributed by atoms with E-state index >= 15 is 0 Å². The average molecular weight is 180 g/mol. The first-order chi connectivity index (χ1) is 4.30. The van der Waals surface area contributed by atoms with Gasteiger partial charge >= 0.3 is 8.03 Å². The summed E-state index contributed by atoms with van der Waals surface area (Å²) < 4.78 is 10.3. The fourth-order valence-corrected chi connectivity index (χ4v) is 0.983. The Morgan fingerprint density at radius 2 is 1.70 bits per heavy atom. The fraction of sp³-hybridized carbons (Fsp3) is 0. The number of rotatable bonds is 1. The quantitative estimate of drug-likeness (QED) is 0.509. The smallest absolute Gasteiger partial charge is 0.156 e. The van der Waals surface area contributed by atoms with Crippen LogP contribution in [0.5, 0.6) is 0 Å². The van der Waals surface area contributed by atoms with Crippen molar-refractivity contribution in [3.63, 3.8) is 0 Å². The molecule has 2 nitrogen and oxygen atoms in total. The molecule has 4 heteroatoms. The van der Waals surface area contributed by atoms with Crippen LogP contribution in [0.1, 0.15) is 0 Å². The van der Waals surface area contributed by atoms with Crippen molar-refractivity contribution in [1.82, 2.24) is 0 Å². The SMILES string of the molecule is O=[P+](O)c1ccccc1.[K]. The van der Waals surface area contributed by atoms with Gasteiger partial charge in [0.1, 0.15) is 0 Å². The molecule has 0 spiro atoms. The van der Waals surface area contributed by atoms with Crippen molar-refractivity contribution in [1.29, 1.82) is 0 Å². The molecule has 0 aliphatic carbocycles. The Balaban J connectivity index is 0.000000810. The van der Waals surface area contributed by atoms with Gasteiger partial charge in [0, 0.05) is 51.4 Å². The van der Waals surface area contributed by atoms with Gasteiger partial charge < -0.3 is 0 Å². The van der Waals surface area contributed by atoms with E-state index in [9.17, 15) is 4.57 Å². The minimum atomic E-state index is -2.15. The molecule has 10 heavy (non-hydrogen) atoms. The third kappa shape index (κ3) is 3.35. The first-order valence-corrected chi connectivity index (χ1v) is 3.73. The first-order valence-electron chi connectivity index (χ1n) is 2.52. The summed E-state index contributed by atoms with van der Waals surface area (Å²) in [5.41, 5.74) is 0. The Hall–Kier alpha value is 0.916. The molecule has 0 aromatic heterocycles. The largest absolute Gasteiger partial charge is 0.546 e. The van der Waals surface area contributed by atoms with Crippen LogP contribution in [0.25, 0.3) is 0 Å². The predicted molar refractivity (Wildman–Crippen MR) is 41.7 cm³/mol. The van der Waals surface area contributed by atoms with Gasteiger partial charge in [0.25, 0.3) is 0 Å². The van der Waals surface area contributed by atoms with Crippen LogP contribution in [-0.4, -0.2) is 56.3 Å². The van der Waals surface area contributed by atoms with E-state index in [4.69, 9.17) is 4.89 Å². The summed E-state index contributed by atoms with van der Waals surface area (Å²) in [6, 6.07) is 8.53. The third-order valence-corrected chi connectivity index (χ3v) is 1.72. The summed E-state index contributed by atoms with van der Waals surface area (Å²) in [5.74, 6) is 0. The van der Waals surface area contributed by atoms with Crippen LogP contribution in [0.2, 0.25) is 0 Å². The van der Waals surface area contributed by atoms with E-state index in [1.165, 1.54) is 0 Å². The Morgan fingerprint density at radius 1 is 1.20 bits per heavy atom. The summed E-state index contributed by atoms with van der Waals surface area (Å²) in [6.45, 7) is 0. The molecule has 1 aromatic carbocycles. The van der Waals surface area contributed by atoms with Crippen LogP contribution in [0.4, 0.5) is 0 Å². The van der Waals surface area contributed by atoms with Crippen LogP contribution in [-0.2, 0) is 4.57 Å². The van der Waals surface area contributed by atoms with Crippen molar-refractivity contribution < 1.29 is 9.46 Å². The van der Waals surface area contributed by atoms with Crippen LogP contribution in [0.15, 0.2) is 30.3 Å². The molecule has 1 unspecified atom stereocenters. The molecule has 1 aromatic rings. The van der Waals surface area contributed by atoms with Gasteiger partial charge in [0.05, 0.1) is 0 Å². The molecule has 0 saturated carbocycles. The molecule has 1 rings (SSSR count). The second kappa shape index (κ2) is 5.55. The van der Waals surface area contributed by atoms with Crippen LogP contribution < -0.4 is 5.30 Å². The molecule has 0 heterocycles. The van der Waals surface area contributed by atoms with Crippen LogP contribution in [0, 0.1) is 0 Å². The maximum Gasteiger partial charge on any atom is 0.546 e. The second-order valence-corrected chi connectivity index (χ2v) is 2.67. The molecule has 0 fully saturated rings. The number of hydrogen-bond donors (Lipinski definition) is 1. The van der Waals surface area contributed by atoms with E-state index in [-0.39, 0.29) is 51.4 Å². The zero-order chi connectivity index (χ0) is 6.69. The molecule has 47 valence electrons. The van der Waals surface area contributed by atoms with E-state index in [1.54, 1.807) is 24.3 Å². The Bertz CT molecular complexity index is 212. The topological polar surface area (TPSA) is 37.3 Å². The maximum absolute atomic E-state index is 10.3. The fourth-order valence-electron chi connectivity index (χ4n) is 0.556. The normalized spacial score (nSPS) is 9.90. The monoisotopic (exact) mass is 180 g/mol. The van der Waals surface area contributed by atoms with E-state index in [0.29, 0.717) is 5.30 Å². The van der Waals surface area contributed by atoms with Gasteiger partial charge in [-0.2, -0.15) is 4.89 Å². The molecule has 0 bridgehead atoms. The molecular formula is C6H6KO2P+. The van der Waals surface area contributed by atoms with E-state index < -0.39 is 8.03 Å². The van der Waals surface area contributed by atoms with Gasteiger partial charge in [-0.15, -0.1) is 0 Å². The average Bonchev–Trinajstić information content (AvgIpc) is 1.90. The van der Waals surface area contributed by atoms with E-state index in [2.05, 4.69) is 0 Å². The van der Waals surface area contributed by atoms with Crippen molar-refractivity contribution in [3.05, 3.63) is 30.3 Å². The molecule has 1 radical (unpaired) electrons. The van der Waals surface area contributed by atoms with Crippen molar-refractivity contribution in [2.75, 3.05) is 0 Å². The zero-order valence-corrected chi connectivity index (χ0v) is 9.71. The molecule has 0 aliphatic rings.